The van der Waals surface area contributed by atoms with E-state index in [9.17, 15) is 5.11 Å². The van der Waals surface area contributed by atoms with E-state index in [2.05, 4.69) is 5.32 Å². The third-order valence-corrected chi connectivity index (χ3v) is 3.99. The van der Waals surface area contributed by atoms with Crippen LogP contribution in [0.4, 0.5) is 0 Å². The summed E-state index contributed by atoms with van der Waals surface area (Å²) in [6, 6.07) is 4.33. The molecule has 1 aromatic carbocycles. The van der Waals surface area contributed by atoms with Crippen molar-refractivity contribution < 1.29 is 14.6 Å². The number of ether oxygens (including phenoxy) is 2. The fourth-order valence-electron chi connectivity index (χ4n) is 2.80. The highest BCUT2D eigenvalue weighted by Gasteiger charge is 2.14. The summed E-state index contributed by atoms with van der Waals surface area (Å²) in [4.78, 5) is 0. The van der Waals surface area contributed by atoms with Gasteiger partial charge in [0.2, 0.25) is 5.75 Å². The smallest absolute Gasteiger partial charge is 0.200 e. The Morgan fingerprint density at radius 1 is 1.05 bits per heavy atom. The predicted molar refractivity (Wildman–Crippen MR) is 89.9 cm³/mol. The predicted octanol–water partition coefficient (Wildman–Crippen LogP) is 3.80. The van der Waals surface area contributed by atoms with E-state index in [0.29, 0.717) is 17.5 Å². The molecule has 0 spiro atoms. The van der Waals surface area contributed by atoms with Crippen molar-refractivity contribution in [1.82, 2.24) is 5.32 Å². The van der Waals surface area contributed by atoms with Gasteiger partial charge in [0, 0.05) is 12.6 Å². The largest absolute Gasteiger partial charge is 0.502 e. The first kappa shape index (κ1) is 18.1. The lowest BCUT2D eigenvalue weighted by atomic mass is 10.1. The highest BCUT2D eigenvalue weighted by Crippen LogP contribution is 2.37. The first-order valence-corrected chi connectivity index (χ1v) is 7.42. The molecule has 0 aromatic heterocycles. The monoisotopic (exact) mass is 359 g/mol. The number of aromatic hydroxyl groups is 1. The van der Waals surface area contributed by atoms with E-state index in [1.807, 2.05) is 12.1 Å². The van der Waals surface area contributed by atoms with Crippen molar-refractivity contribution >= 4 is 17.0 Å². The Labute approximate surface area is 137 Å². The second-order valence-electron chi connectivity index (χ2n) is 5.42. The fourth-order valence-corrected chi connectivity index (χ4v) is 2.80. The van der Waals surface area contributed by atoms with Gasteiger partial charge in [0.1, 0.15) is 0 Å². The minimum Gasteiger partial charge on any atom is -0.502 e. The first-order valence-electron chi connectivity index (χ1n) is 7.42. The molecule has 0 aliphatic heterocycles. The number of nitrogens with one attached hydrogen (secondary N) is 1. The van der Waals surface area contributed by atoms with Crippen LogP contribution in [-0.2, 0) is 6.54 Å². The molecule has 0 amide bonds. The van der Waals surface area contributed by atoms with Gasteiger partial charge in [0.25, 0.3) is 0 Å². The zero-order valence-corrected chi connectivity index (χ0v) is 14.6. The minimum atomic E-state index is 0. The van der Waals surface area contributed by atoms with E-state index in [-0.39, 0.29) is 22.7 Å². The van der Waals surface area contributed by atoms with Gasteiger partial charge in [0.05, 0.1) is 14.2 Å². The van der Waals surface area contributed by atoms with Gasteiger partial charge in [-0.3, -0.25) is 0 Å². The molecule has 2 N–H and O–H groups in total. The quantitative estimate of drug-likeness (QED) is 0.785. The topological polar surface area (TPSA) is 50.7 Å². The zero-order valence-electron chi connectivity index (χ0n) is 12.9. The highest BCUT2D eigenvalue weighted by atomic mass is 79.9. The Morgan fingerprint density at radius 3 is 2.05 bits per heavy atom. The SMILES string of the molecule is Br.COc1cc(CNC2CCCCCC2)cc(OC)c1O. The highest BCUT2D eigenvalue weighted by molar-refractivity contribution is 8.93. The molecule has 21 heavy (non-hydrogen) atoms. The molecule has 1 aliphatic carbocycles. The van der Waals surface area contributed by atoms with E-state index >= 15 is 0 Å². The second kappa shape index (κ2) is 9.15. The van der Waals surface area contributed by atoms with Gasteiger partial charge in [0.15, 0.2) is 11.5 Å². The van der Waals surface area contributed by atoms with Crippen LogP contribution < -0.4 is 14.8 Å². The van der Waals surface area contributed by atoms with E-state index in [1.165, 1.54) is 38.5 Å². The molecule has 2 rings (SSSR count). The van der Waals surface area contributed by atoms with Crippen molar-refractivity contribution in [2.24, 2.45) is 0 Å². The van der Waals surface area contributed by atoms with Crippen LogP contribution in [0.2, 0.25) is 0 Å². The molecule has 1 aliphatic rings. The average Bonchev–Trinajstić information content (AvgIpc) is 2.74. The third kappa shape index (κ3) is 5.08. The second-order valence-corrected chi connectivity index (χ2v) is 5.42. The van der Waals surface area contributed by atoms with Crippen LogP contribution in [0.15, 0.2) is 12.1 Å². The summed E-state index contributed by atoms with van der Waals surface area (Å²) in [5.74, 6) is 0.984. The Hall–Kier alpha value is -0.940. The van der Waals surface area contributed by atoms with Crippen LogP contribution in [0.5, 0.6) is 17.2 Å². The van der Waals surface area contributed by atoms with Gasteiger partial charge in [-0.15, -0.1) is 17.0 Å². The van der Waals surface area contributed by atoms with Crippen LogP contribution >= 0.6 is 17.0 Å². The molecule has 0 heterocycles. The van der Waals surface area contributed by atoms with E-state index in [0.717, 1.165) is 12.1 Å². The van der Waals surface area contributed by atoms with E-state index < -0.39 is 0 Å². The van der Waals surface area contributed by atoms with Crippen LogP contribution in [0.1, 0.15) is 44.1 Å². The molecule has 4 nitrogen and oxygen atoms in total. The van der Waals surface area contributed by atoms with E-state index in [4.69, 9.17) is 9.47 Å². The van der Waals surface area contributed by atoms with Crippen molar-refractivity contribution in [1.29, 1.82) is 0 Å². The summed E-state index contributed by atoms with van der Waals surface area (Å²) in [5, 5.41) is 13.5. The molecule has 0 saturated heterocycles. The van der Waals surface area contributed by atoms with Crippen LogP contribution in [0.3, 0.4) is 0 Å². The molecular formula is C16H26BrNO3. The Kier molecular flexibility index (Phi) is 7.89. The van der Waals surface area contributed by atoms with E-state index in [1.54, 1.807) is 14.2 Å². The number of hydrogen-bond acceptors (Lipinski definition) is 4. The summed E-state index contributed by atoms with van der Waals surface area (Å²) in [5.41, 5.74) is 1.07. The zero-order chi connectivity index (χ0) is 14.4. The lowest BCUT2D eigenvalue weighted by Crippen LogP contribution is -2.27. The van der Waals surface area contributed by atoms with Gasteiger partial charge in [-0.1, -0.05) is 25.7 Å². The number of rotatable bonds is 5. The van der Waals surface area contributed by atoms with Crippen molar-refractivity contribution in [3.63, 3.8) is 0 Å². The van der Waals surface area contributed by atoms with Crippen molar-refractivity contribution in [3.8, 4) is 17.2 Å². The molecule has 0 radical (unpaired) electrons. The van der Waals surface area contributed by atoms with Gasteiger partial charge < -0.3 is 19.9 Å². The molecule has 120 valence electrons. The average molecular weight is 360 g/mol. The Bertz CT molecular complexity index is 407. The maximum Gasteiger partial charge on any atom is 0.200 e. The minimum absolute atomic E-state index is 0. The van der Waals surface area contributed by atoms with Crippen LogP contribution in [-0.4, -0.2) is 25.4 Å². The fraction of sp³-hybridized carbons (Fsp3) is 0.625. The third-order valence-electron chi connectivity index (χ3n) is 3.99. The standard InChI is InChI=1S/C16H25NO3.BrH/c1-19-14-9-12(10-15(20-2)16(14)18)11-17-13-7-5-3-4-6-8-13;/h9-10,13,17-18H,3-8,11H2,1-2H3;1H. The molecule has 1 fully saturated rings. The van der Waals surface area contributed by atoms with Gasteiger partial charge in [-0.25, -0.2) is 0 Å². The number of halogens is 1. The summed E-state index contributed by atoms with van der Waals surface area (Å²) in [7, 11) is 3.11. The van der Waals surface area contributed by atoms with Crippen molar-refractivity contribution in [2.45, 2.75) is 51.1 Å². The Morgan fingerprint density at radius 2 is 1.57 bits per heavy atom. The van der Waals surface area contributed by atoms with Crippen LogP contribution in [0.25, 0.3) is 0 Å². The molecule has 0 atom stereocenters. The molecule has 1 aromatic rings. The normalized spacial score (nSPS) is 15.9. The molecule has 1 saturated carbocycles. The molecular weight excluding hydrogens is 334 g/mol. The summed E-state index contributed by atoms with van der Waals surface area (Å²) >= 11 is 0. The van der Waals surface area contributed by atoms with Gasteiger partial charge in [-0.2, -0.15) is 0 Å². The number of methoxy groups -OCH3 is 2. The van der Waals surface area contributed by atoms with Crippen molar-refractivity contribution in [2.75, 3.05) is 14.2 Å². The number of benzene rings is 1. The maximum atomic E-state index is 9.90. The summed E-state index contributed by atoms with van der Waals surface area (Å²) in [6.07, 6.45) is 7.87. The van der Waals surface area contributed by atoms with Crippen molar-refractivity contribution in [3.05, 3.63) is 17.7 Å². The number of phenols is 1. The molecule has 0 unspecified atom stereocenters. The van der Waals surface area contributed by atoms with Gasteiger partial charge in [-0.05, 0) is 30.5 Å². The van der Waals surface area contributed by atoms with Gasteiger partial charge >= 0.3 is 0 Å². The number of hydrogen-bond donors (Lipinski definition) is 2. The van der Waals surface area contributed by atoms with Crippen LogP contribution in [0, 0.1) is 0 Å². The summed E-state index contributed by atoms with van der Waals surface area (Å²) in [6.45, 7) is 0.775. The first-order chi connectivity index (χ1) is 9.74. The molecule has 5 heteroatoms. The Balaban J connectivity index is 0.00000220. The molecule has 0 bridgehead atoms. The maximum absolute atomic E-state index is 9.90. The lowest BCUT2D eigenvalue weighted by Gasteiger charge is -2.17. The summed E-state index contributed by atoms with van der Waals surface area (Å²) < 4.78 is 10.4. The lowest BCUT2D eigenvalue weighted by molar-refractivity contribution is 0.338. The number of phenolic OH excluding ortho intramolecular Hbond substituents is 1.